The molecule has 1 atom stereocenters. The minimum Gasteiger partial charge on any atom is -0.495 e. The summed E-state index contributed by atoms with van der Waals surface area (Å²) in [7, 11) is 4.11. The molecule has 1 unspecified atom stereocenters. The Bertz CT molecular complexity index is 1670. The van der Waals surface area contributed by atoms with E-state index in [0.717, 1.165) is 10.3 Å². The van der Waals surface area contributed by atoms with Gasteiger partial charge in [-0.3, -0.25) is 4.21 Å². The van der Waals surface area contributed by atoms with Gasteiger partial charge in [-0.05, 0) is 66.6 Å². The van der Waals surface area contributed by atoms with Crippen LogP contribution in [0.2, 0.25) is 0 Å². The van der Waals surface area contributed by atoms with Crippen LogP contribution in [0.5, 0.6) is 5.75 Å². The summed E-state index contributed by atoms with van der Waals surface area (Å²) >= 11 is 0. The maximum Gasteiger partial charge on any atom is 0.406 e. The highest BCUT2D eigenvalue weighted by molar-refractivity contribution is 7.84. The summed E-state index contributed by atoms with van der Waals surface area (Å²) in [5.41, 5.74) is 2.89. The zero-order valence-electron chi connectivity index (χ0n) is 23.4. The molecule has 220 valence electrons. The molecule has 0 saturated heterocycles. The molecule has 0 fully saturated rings. The molecule has 0 aliphatic rings. The van der Waals surface area contributed by atoms with Crippen LogP contribution in [-0.2, 0) is 17.3 Å². The molecule has 4 rings (SSSR count). The number of alkyl halides is 3. The molecule has 0 spiro atoms. The average molecular weight is 598 g/mol. The van der Waals surface area contributed by atoms with Crippen LogP contribution in [0.15, 0.2) is 71.6 Å². The summed E-state index contributed by atoms with van der Waals surface area (Å²) in [4.78, 5) is 15.3. The molecule has 4 aromatic rings. The molecule has 42 heavy (non-hydrogen) atoms. The standard InChI is InChI=1S/C30H30F3N5O3S/c1-37(2)21-12-10-20(11-13-21)35-29(39)36-25-8-5-9-27-24(25)17-22(38(27)19-30(31,32)33)7-6-16-34-26-15-14-23(42(4)40)18-28(26)41-3/h5,8-15,17-18,34H,16,19H2,1-4H3,(H2,35,36,39). The fraction of sp³-hybridized carbons (Fsp3) is 0.233. The third-order valence-electron chi connectivity index (χ3n) is 6.26. The number of carbonyl (C=O) groups is 1. The van der Waals surface area contributed by atoms with Crippen molar-refractivity contribution in [2.24, 2.45) is 0 Å². The summed E-state index contributed by atoms with van der Waals surface area (Å²) in [5.74, 6) is 6.16. The van der Waals surface area contributed by atoms with Crippen molar-refractivity contribution in [3.8, 4) is 17.6 Å². The largest absolute Gasteiger partial charge is 0.495 e. The Kier molecular flexibility index (Phi) is 9.32. The quantitative estimate of drug-likeness (QED) is 0.213. The highest BCUT2D eigenvalue weighted by atomic mass is 32.2. The molecule has 3 aromatic carbocycles. The van der Waals surface area contributed by atoms with Crippen LogP contribution in [0.25, 0.3) is 10.9 Å². The lowest BCUT2D eigenvalue weighted by molar-refractivity contribution is -0.140. The third kappa shape index (κ3) is 7.55. The van der Waals surface area contributed by atoms with Crippen LogP contribution in [-0.4, -0.2) is 55.0 Å². The second-order valence-electron chi connectivity index (χ2n) is 9.46. The van der Waals surface area contributed by atoms with Crippen molar-refractivity contribution >= 4 is 50.5 Å². The number of anilines is 4. The second-order valence-corrected chi connectivity index (χ2v) is 10.8. The van der Waals surface area contributed by atoms with Crippen molar-refractivity contribution in [2.75, 3.05) is 54.9 Å². The number of amides is 2. The van der Waals surface area contributed by atoms with Gasteiger partial charge < -0.3 is 30.2 Å². The van der Waals surface area contributed by atoms with Crippen LogP contribution in [0.4, 0.5) is 40.7 Å². The van der Waals surface area contributed by atoms with Gasteiger partial charge >= 0.3 is 12.2 Å². The first-order valence-electron chi connectivity index (χ1n) is 12.7. The summed E-state index contributed by atoms with van der Waals surface area (Å²) < 4.78 is 58.8. The Morgan fingerprint density at radius 1 is 1.02 bits per heavy atom. The average Bonchev–Trinajstić information content (AvgIpc) is 3.27. The number of halogens is 3. The van der Waals surface area contributed by atoms with E-state index in [1.807, 2.05) is 31.1 Å². The van der Waals surface area contributed by atoms with Gasteiger partial charge in [-0.15, -0.1) is 0 Å². The van der Waals surface area contributed by atoms with E-state index in [4.69, 9.17) is 4.74 Å². The van der Waals surface area contributed by atoms with Crippen molar-refractivity contribution in [3.63, 3.8) is 0 Å². The molecular formula is C30H30F3N5O3S. The Morgan fingerprint density at radius 2 is 1.76 bits per heavy atom. The van der Waals surface area contributed by atoms with Gasteiger partial charge in [0.2, 0.25) is 0 Å². The molecule has 8 nitrogen and oxygen atoms in total. The molecule has 12 heteroatoms. The maximum absolute atomic E-state index is 13.5. The van der Waals surface area contributed by atoms with Gasteiger partial charge in [0.1, 0.15) is 12.3 Å². The monoisotopic (exact) mass is 597 g/mol. The van der Waals surface area contributed by atoms with E-state index in [0.29, 0.717) is 33.1 Å². The van der Waals surface area contributed by atoms with E-state index >= 15 is 0 Å². The topological polar surface area (TPSA) is 87.6 Å². The summed E-state index contributed by atoms with van der Waals surface area (Å²) in [5, 5.41) is 8.97. The molecule has 0 aliphatic carbocycles. The highest BCUT2D eigenvalue weighted by Crippen LogP contribution is 2.31. The lowest BCUT2D eigenvalue weighted by Gasteiger charge is -2.14. The van der Waals surface area contributed by atoms with Gasteiger partial charge in [-0.2, -0.15) is 13.2 Å². The Hall–Kier alpha value is -4.63. The Labute approximate surface area is 244 Å². The van der Waals surface area contributed by atoms with Gasteiger partial charge in [0.15, 0.2) is 0 Å². The van der Waals surface area contributed by atoms with Gasteiger partial charge in [0.05, 0.1) is 36.2 Å². The normalized spacial score (nSPS) is 11.8. The predicted molar refractivity (Wildman–Crippen MR) is 162 cm³/mol. The third-order valence-corrected chi connectivity index (χ3v) is 7.18. The number of nitrogens with zero attached hydrogens (tertiary/aromatic N) is 2. The maximum atomic E-state index is 13.5. The highest BCUT2D eigenvalue weighted by Gasteiger charge is 2.30. The number of aromatic nitrogens is 1. The number of urea groups is 1. The number of nitrogens with one attached hydrogen (secondary N) is 3. The lowest BCUT2D eigenvalue weighted by Crippen LogP contribution is -2.20. The number of carbonyl (C=O) groups excluding carboxylic acids is 1. The van der Waals surface area contributed by atoms with Crippen molar-refractivity contribution in [2.45, 2.75) is 17.6 Å². The van der Waals surface area contributed by atoms with Crippen molar-refractivity contribution < 1.29 is 26.9 Å². The van der Waals surface area contributed by atoms with Gasteiger partial charge in [-0.25, -0.2) is 4.79 Å². The predicted octanol–water partition coefficient (Wildman–Crippen LogP) is 6.12. The van der Waals surface area contributed by atoms with E-state index in [1.165, 1.54) is 13.2 Å². The van der Waals surface area contributed by atoms with Crippen molar-refractivity contribution in [1.82, 2.24) is 4.57 Å². The van der Waals surface area contributed by atoms with Crippen LogP contribution < -0.4 is 25.6 Å². The van der Waals surface area contributed by atoms with E-state index in [-0.39, 0.29) is 17.8 Å². The summed E-state index contributed by atoms with van der Waals surface area (Å²) in [6, 6.07) is 18.0. The minimum atomic E-state index is -4.49. The van der Waals surface area contributed by atoms with Crippen molar-refractivity contribution in [1.29, 1.82) is 0 Å². The van der Waals surface area contributed by atoms with Crippen LogP contribution in [0, 0.1) is 11.8 Å². The summed E-state index contributed by atoms with van der Waals surface area (Å²) in [6.45, 7) is -1.14. The van der Waals surface area contributed by atoms with Crippen LogP contribution in [0.1, 0.15) is 5.69 Å². The van der Waals surface area contributed by atoms with Gasteiger partial charge in [-0.1, -0.05) is 12.0 Å². The van der Waals surface area contributed by atoms with E-state index < -0.39 is 29.6 Å². The number of hydrogen-bond donors (Lipinski definition) is 3. The fourth-order valence-corrected chi connectivity index (χ4v) is 4.78. The first-order chi connectivity index (χ1) is 19.9. The first kappa shape index (κ1) is 30.3. The molecule has 0 saturated carbocycles. The zero-order chi connectivity index (χ0) is 30.4. The zero-order valence-corrected chi connectivity index (χ0v) is 24.2. The van der Waals surface area contributed by atoms with E-state index in [1.54, 1.807) is 54.8 Å². The minimum absolute atomic E-state index is 0.110. The number of ether oxygens (including phenoxy) is 1. The molecule has 0 radical (unpaired) electrons. The molecule has 0 aliphatic heterocycles. The van der Waals surface area contributed by atoms with Gasteiger partial charge in [0.25, 0.3) is 0 Å². The van der Waals surface area contributed by atoms with Crippen LogP contribution >= 0.6 is 0 Å². The number of methoxy groups -OCH3 is 1. The lowest BCUT2D eigenvalue weighted by atomic mass is 10.2. The molecule has 1 aromatic heterocycles. The number of rotatable bonds is 8. The number of fused-ring (bicyclic) bond motifs is 1. The summed E-state index contributed by atoms with van der Waals surface area (Å²) in [6.07, 6.45) is -2.93. The second kappa shape index (κ2) is 12.9. The fourth-order valence-electron chi connectivity index (χ4n) is 4.24. The van der Waals surface area contributed by atoms with Crippen molar-refractivity contribution in [3.05, 3.63) is 72.4 Å². The smallest absolute Gasteiger partial charge is 0.406 e. The molecule has 3 N–H and O–H groups in total. The number of benzene rings is 3. The van der Waals surface area contributed by atoms with Crippen LogP contribution in [0.3, 0.4) is 0 Å². The SMILES string of the molecule is COc1cc(S(C)=O)ccc1NCC#Cc1cc2c(NC(=O)Nc3ccc(N(C)C)cc3)cccc2n1CC(F)(F)F. The Balaban J connectivity index is 1.57. The van der Waals surface area contributed by atoms with Gasteiger partial charge in [0, 0.05) is 52.8 Å². The first-order valence-corrected chi connectivity index (χ1v) is 14.3. The molecular weight excluding hydrogens is 567 g/mol. The number of hydrogen-bond acceptors (Lipinski definition) is 5. The molecule has 0 bridgehead atoms. The molecule has 2 amide bonds. The Morgan fingerprint density at radius 3 is 2.40 bits per heavy atom. The van der Waals surface area contributed by atoms with E-state index in [9.17, 15) is 22.2 Å². The molecule has 1 heterocycles. The van der Waals surface area contributed by atoms with E-state index in [2.05, 4.69) is 27.8 Å².